The number of carbonyl (C=O) groups is 4. The highest BCUT2D eigenvalue weighted by molar-refractivity contribution is 6.31. The number of halogens is 10. The Morgan fingerprint density at radius 3 is 0.975 bits per heavy atom. The van der Waals surface area contributed by atoms with Gasteiger partial charge in [-0.1, -0.05) is 74.2 Å². The number of aryl methyl sites for hydroxylation is 4. The average Bonchev–Trinajstić information content (AvgIpc) is 1.54. The molecule has 0 bridgehead atoms. The van der Waals surface area contributed by atoms with Crippen molar-refractivity contribution in [1.82, 2.24) is 40.2 Å². The van der Waals surface area contributed by atoms with Crippen LogP contribution >= 0.6 is 23.2 Å². The fraction of sp³-hybridized carbons (Fsp3) is 0.244. The SMILES string of the molecule is COc1ccc(-c2onc3c2CN(C(=O)Nc2cc(C)c(F)c(F)c2)C(C)C3)cc1.Cc1cc(NC(=O)N2Cc3c(noc3-c3ccc(Cl)cc3)CC2C)cc(F)c1F.Cc1cc(NC(=O)N2Cc3c(noc3-c3cccc(Cl)c3)CC2C)cc(F)c1F.[C-]#[N+]c1cccc(-c2onc3c2CN(C(=O)Nc2cc(C)c(F)c(F)c2)C(C)C3)c1. The second-order valence-electron chi connectivity index (χ2n) is 29.0. The Bertz CT molecular complexity index is 5780. The number of urea groups is 4. The molecule has 8 amide bonds. The van der Waals surface area contributed by atoms with E-state index in [1.54, 1.807) is 69.2 Å². The Morgan fingerprint density at radius 2 is 0.686 bits per heavy atom. The first-order valence-corrected chi connectivity index (χ1v) is 37.8. The molecule has 8 heterocycles. The highest BCUT2D eigenvalue weighted by Gasteiger charge is 2.38. The zero-order chi connectivity index (χ0) is 84.2. The fourth-order valence-electron chi connectivity index (χ4n) is 14.2. The van der Waals surface area contributed by atoms with Crippen molar-refractivity contribution in [3.05, 3.63) is 281 Å². The summed E-state index contributed by atoms with van der Waals surface area (Å²) >= 11 is 12.0. The zero-order valence-corrected chi connectivity index (χ0v) is 66.3. The van der Waals surface area contributed by atoms with Crippen molar-refractivity contribution in [3.8, 4) is 51.0 Å². The molecule has 0 saturated heterocycles. The Labute approximate surface area is 681 Å². The molecule has 4 N–H and O–H groups in total. The molecular weight excluding hydrogens is 1580 g/mol. The summed E-state index contributed by atoms with van der Waals surface area (Å²) in [6.07, 6.45) is 2.06. The smallest absolute Gasteiger partial charge is 0.322 e. The van der Waals surface area contributed by atoms with E-state index in [2.05, 4.69) is 46.7 Å². The standard InChI is InChI=1S/C22H18F2N4O2.C22H21F2N3O3.2C21H18ClF2N3O2/c1-12-7-16(10-18(23)20(12)24)26-22(29)28-11-17-19(8-13(28)2)27-30-21(17)14-5-4-6-15(9-14)25-3;1-12-8-15(10-18(23)20(12)24)25-22(28)27-11-17-19(9-13(27)2)26-30-21(17)14-4-6-16(29-3)7-5-14;1-11-7-15(9-17(23)19(11)24)25-21(28)27-10-16-18(8-12(27)2)26-29-20(16)13-3-5-14(22)6-4-13;1-11-6-15(9-17(23)19(11)24)25-21(28)27-10-16-18(7-12(27)2)26-29-20(16)13-4-3-5-14(22)8-13/h4-7,9-10,13H,8,11H2,1-2H3,(H,26,29);4-8,10,13H,9,11H2,1-3H3,(H,25,28);3-7,9,12H,8,10H2,1-2H3,(H,25,28);3-6,8-9,12H,7,10H2,1-2H3,(H,25,28). The number of hydrogen-bond acceptors (Lipinski definition) is 13. The van der Waals surface area contributed by atoms with Gasteiger partial charge in [-0.25, -0.2) is 59.1 Å². The quantitative estimate of drug-likeness (QED) is 0.0777. The molecule has 4 atom stereocenters. The number of rotatable bonds is 9. The molecule has 4 unspecified atom stereocenters. The number of aromatic nitrogens is 4. The van der Waals surface area contributed by atoms with E-state index in [-0.39, 0.29) is 95.3 Å². The minimum atomic E-state index is -1.01. The molecule has 4 aliphatic heterocycles. The van der Waals surface area contributed by atoms with Crippen LogP contribution in [0.15, 0.2) is 164 Å². The van der Waals surface area contributed by atoms with E-state index in [0.29, 0.717) is 70.0 Å². The van der Waals surface area contributed by atoms with Crippen LogP contribution in [-0.2, 0) is 51.9 Å². The molecule has 4 aliphatic rings. The van der Waals surface area contributed by atoms with Crippen LogP contribution in [0.5, 0.6) is 5.75 Å². The lowest BCUT2D eigenvalue weighted by atomic mass is 9.97. The molecule has 16 rings (SSSR count). The van der Waals surface area contributed by atoms with E-state index in [0.717, 1.165) is 91.7 Å². The summed E-state index contributed by atoms with van der Waals surface area (Å²) in [4.78, 5) is 61.3. The first kappa shape index (κ1) is 83.0. The summed E-state index contributed by atoms with van der Waals surface area (Å²) in [7, 11) is 1.59. The van der Waals surface area contributed by atoms with Gasteiger partial charge in [0.25, 0.3) is 0 Å². The van der Waals surface area contributed by atoms with Crippen LogP contribution < -0.4 is 26.0 Å². The Kier molecular flexibility index (Phi) is 24.8. The topological polar surface area (TPSA) is 247 Å². The summed E-state index contributed by atoms with van der Waals surface area (Å²) in [5.41, 5.74) is 11.3. The monoisotopic (exact) mass is 1660 g/mol. The lowest BCUT2D eigenvalue weighted by Gasteiger charge is -2.32. The second-order valence-corrected chi connectivity index (χ2v) is 29.8. The van der Waals surface area contributed by atoms with Crippen molar-refractivity contribution in [2.24, 2.45) is 0 Å². The first-order valence-electron chi connectivity index (χ1n) is 37.1. The summed E-state index contributed by atoms with van der Waals surface area (Å²) in [6.45, 7) is 21.6. The number of fused-ring (bicyclic) bond motifs is 4. The summed E-state index contributed by atoms with van der Waals surface area (Å²) in [5, 5.41) is 28.4. The molecule has 32 heteroatoms. The number of nitrogens with zero attached hydrogens (tertiary/aromatic N) is 9. The number of nitrogens with one attached hydrogen (secondary N) is 4. The van der Waals surface area contributed by atoms with Crippen LogP contribution in [0.25, 0.3) is 50.1 Å². The number of amides is 8. The molecule has 0 saturated carbocycles. The third kappa shape index (κ3) is 18.1. The van der Waals surface area contributed by atoms with Gasteiger partial charge < -0.3 is 63.7 Å². The van der Waals surface area contributed by atoms with Gasteiger partial charge in [0.2, 0.25) is 0 Å². The molecule has 12 aromatic rings. The number of carbonyl (C=O) groups excluding carboxylic acids is 4. The molecule has 0 aliphatic carbocycles. The Hall–Kier alpha value is -13.0. The highest BCUT2D eigenvalue weighted by Crippen LogP contribution is 2.40. The van der Waals surface area contributed by atoms with Crippen LogP contribution in [0.3, 0.4) is 0 Å². The van der Waals surface area contributed by atoms with Crippen LogP contribution in [0.4, 0.5) is 82.7 Å². The maximum atomic E-state index is 13.7. The van der Waals surface area contributed by atoms with Crippen LogP contribution in [0.1, 0.15) is 95.0 Å². The van der Waals surface area contributed by atoms with Gasteiger partial charge in [0, 0.05) is 151 Å². The Balaban J connectivity index is 0.000000136. The molecule has 4 aromatic heterocycles. The number of anilines is 4. The Morgan fingerprint density at radius 1 is 0.398 bits per heavy atom. The van der Waals surface area contributed by atoms with Crippen molar-refractivity contribution < 1.29 is 77.1 Å². The van der Waals surface area contributed by atoms with Gasteiger partial charge in [-0.2, -0.15) is 0 Å². The van der Waals surface area contributed by atoms with E-state index >= 15 is 0 Å². The zero-order valence-electron chi connectivity index (χ0n) is 64.8. The number of methoxy groups -OCH3 is 1. The third-order valence-corrected chi connectivity index (χ3v) is 21.0. The van der Waals surface area contributed by atoms with Crippen LogP contribution in [-0.4, -0.2) is 95.6 Å². The molecular formula is C86H75Cl2F8N13O9. The lowest BCUT2D eigenvalue weighted by Crippen LogP contribution is -2.44. The van der Waals surface area contributed by atoms with Gasteiger partial charge in [-0.3, -0.25) is 0 Å². The van der Waals surface area contributed by atoms with Crippen LogP contribution in [0.2, 0.25) is 10.0 Å². The molecule has 0 fully saturated rings. The lowest BCUT2D eigenvalue weighted by molar-refractivity contribution is 0.181. The molecule has 0 radical (unpaired) electrons. The van der Waals surface area contributed by atoms with E-state index in [1.165, 1.54) is 52.0 Å². The van der Waals surface area contributed by atoms with E-state index in [1.807, 2.05) is 82.3 Å². The first-order chi connectivity index (χ1) is 56.4. The molecule has 8 aromatic carbocycles. The summed E-state index contributed by atoms with van der Waals surface area (Å²) in [5.74, 6) is -4.72. The van der Waals surface area contributed by atoms with Gasteiger partial charge in [-0.15, -0.1) is 0 Å². The molecule has 0 spiro atoms. The van der Waals surface area contributed by atoms with Crippen LogP contribution in [0, 0.1) is 80.8 Å². The molecule has 22 nitrogen and oxygen atoms in total. The summed E-state index contributed by atoms with van der Waals surface area (Å²) in [6, 6.07) is 36.0. The van der Waals surface area contributed by atoms with E-state index in [4.69, 9.17) is 52.6 Å². The minimum absolute atomic E-state index is 0.111. The molecule has 118 heavy (non-hydrogen) atoms. The van der Waals surface area contributed by atoms with Gasteiger partial charge in [-0.05, 0) is 169 Å². The number of benzene rings is 8. The minimum Gasteiger partial charge on any atom is -0.497 e. The van der Waals surface area contributed by atoms with Gasteiger partial charge in [0.1, 0.15) is 5.75 Å². The third-order valence-electron chi connectivity index (χ3n) is 20.5. The van der Waals surface area contributed by atoms with E-state index in [9.17, 15) is 54.3 Å². The van der Waals surface area contributed by atoms with E-state index < -0.39 is 70.7 Å². The van der Waals surface area contributed by atoms with Crippen molar-refractivity contribution in [2.75, 3.05) is 28.4 Å². The number of ether oxygens (including phenoxy) is 1. The van der Waals surface area contributed by atoms with Crippen molar-refractivity contribution in [3.63, 3.8) is 0 Å². The predicted molar refractivity (Wildman–Crippen MR) is 426 cm³/mol. The largest absolute Gasteiger partial charge is 0.497 e. The van der Waals surface area contributed by atoms with Gasteiger partial charge in [0.05, 0.1) is 62.6 Å². The normalized spacial score (nSPS) is 15.7. The number of hydrogen-bond donors (Lipinski definition) is 4. The van der Waals surface area contributed by atoms with Crippen molar-refractivity contribution in [1.29, 1.82) is 0 Å². The average molecular weight is 1660 g/mol. The van der Waals surface area contributed by atoms with Crippen molar-refractivity contribution in [2.45, 2.75) is 131 Å². The molecule has 608 valence electrons. The predicted octanol–water partition coefficient (Wildman–Crippen LogP) is 21.5. The fourth-order valence-corrected chi connectivity index (χ4v) is 14.5. The second kappa shape index (κ2) is 35.2. The highest BCUT2D eigenvalue weighted by atomic mass is 35.5. The summed E-state index contributed by atoms with van der Waals surface area (Å²) < 4.78 is 136. The maximum absolute atomic E-state index is 13.7. The van der Waals surface area contributed by atoms with Gasteiger partial charge >= 0.3 is 24.1 Å². The van der Waals surface area contributed by atoms with Crippen molar-refractivity contribution >= 4 is 75.8 Å². The maximum Gasteiger partial charge on any atom is 0.322 e. The van der Waals surface area contributed by atoms with Gasteiger partial charge in [0.15, 0.2) is 75.3 Å².